The average Bonchev–Trinajstić information content (AvgIpc) is 2.98. The molecule has 0 aromatic heterocycles. The smallest absolute Gasteiger partial charge is 0.316 e. The summed E-state index contributed by atoms with van der Waals surface area (Å²) in [5.74, 6) is 2.45. The lowest BCUT2D eigenvalue weighted by atomic mass is 10.1. The highest BCUT2D eigenvalue weighted by Gasteiger charge is 2.19. The van der Waals surface area contributed by atoms with E-state index in [-0.39, 0.29) is 28.3 Å². The van der Waals surface area contributed by atoms with Gasteiger partial charge in [0.2, 0.25) is 6.79 Å². The van der Waals surface area contributed by atoms with E-state index in [1.165, 1.54) is 37.7 Å². The first-order valence-electron chi connectivity index (χ1n) is 8.46. The molecule has 0 saturated carbocycles. The maximum absolute atomic E-state index is 12.3. The molecule has 0 fully saturated rings. The second kappa shape index (κ2) is 11.5. The Morgan fingerprint density at radius 3 is 2.57 bits per heavy atom. The fourth-order valence-electron chi connectivity index (χ4n) is 2.72. The molecule has 2 rings (SSSR count). The van der Waals surface area contributed by atoms with E-state index in [1.807, 2.05) is 18.2 Å². The van der Waals surface area contributed by atoms with Gasteiger partial charge < -0.3 is 14.0 Å². The normalized spacial score (nSPS) is 15.1. The number of unbranched alkanes of at least 4 members (excludes halogenated alkanes) is 5. The first-order chi connectivity index (χ1) is 10.7. The van der Waals surface area contributed by atoms with E-state index >= 15 is 0 Å². The molecule has 0 saturated heterocycles. The topological polar surface area (TPSA) is 41.5 Å². The molecular formula is C18H30MgO3S. The highest BCUT2D eigenvalue weighted by atomic mass is 32.2. The largest absolute Gasteiger partial charge is 0.616 e. The third-order valence-electron chi connectivity index (χ3n) is 4.11. The average molecular weight is 351 g/mol. The van der Waals surface area contributed by atoms with Gasteiger partial charge in [-0.1, -0.05) is 49.8 Å². The Morgan fingerprint density at radius 1 is 1.09 bits per heavy atom. The number of hydrogen-bond acceptors (Lipinski definition) is 3. The third-order valence-corrected chi connectivity index (χ3v) is 5.86. The second-order valence-electron chi connectivity index (χ2n) is 6.05. The molecule has 1 aromatic rings. The highest BCUT2D eigenvalue weighted by molar-refractivity contribution is 7.91. The van der Waals surface area contributed by atoms with Crippen LogP contribution in [0, 0.1) is 0 Å². The molecule has 128 valence electrons. The van der Waals surface area contributed by atoms with Crippen molar-refractivity contribution in [2.24, 2.45) is 0 Å². The molecule has 1 heterocycles. The van der Waals surface area contributed by atoms with Crippen LogP contribution in [-0.4, -0.2) is 45.4 Å². The lowest BCUT2D eigenvalue weighted by Gasteiger charge is -2.18. The minimum atomic E-state index is -0.743. The lowest BCUT2D eigenvalue weighted by Crippen LogP contribution is -2.23. The molecule has 3 nitrogen and oxygen atoms in total. The number of fused-ring (bicyclic) bond motifs is 1. The Kier molecular flexibility index (Phi) is 10.4. The van der Waals surface area contributed by atoms with Gasteiger partial charge >= 0.3 is 23.1 Å². The van der Waals surface area contributed by atoms with Gasteiger partial charge in [-0.2, -0.15) is 0 Å². The fraction of sp³-hybridized carbons (Fsp3) is 0.667. The van der Waals surface area contributed by atoms with Crippen LogP contribution in [0.15, 0.2) is 18.2 Å². The van der Waals surface area contributed by atoms with Crippen molar-refractivity contribution in [2.45, 2.75) is 64.0 Å². The van der Waals surface area contributed by atoms with E-state index in [4.69, 9.17) is 9.47 Å². The van der Waals surface area contributed by atoms with E-state index in [0.29, 0.717) is 6.79 Å². The summed E-state index contributed by atoms with van der Waals surface area (Å²) in [5, 5.41) is 0.191. The molecule has 1 aromatic carbocycles. The number of hydrogen-bond donors (Lipinski definition) is 0. The highest BCUT2D eigenvalue weighted by Crippen LogP contribution is 2.33. The Labute approximate surface area is 159 Å². The van der Waals surface area contributed by atoms with Gasteiger partial charge in [0.1, 0.15) is 11.0 Å². The molecule has 1 aliphatic heterocycles. The predicted octanol–water partition coefficient (Wildman–Crippen LogP) is 3.54. The van der Waals surface area contributed by atoms with Gasteiger partial charge in [-0.3, -0.25) is 0 Å². The summed E-state index contributed by atoms with van der Waals surface area (Å²) in [4.78, 5) is 0. The van der Waals surface area contributed by atoms with Crippen molar-refractivity contribution in [1.29, 1.82) is 0 Å². The molecule has 0 radical (unpaired) electrons. The molecular weight excluding hydrogens is 321 g/mol. The van der Waals surface area contributed by atoms with Crippen LogP contribution in [0.25, 0.3) is 0 Å². The monoisotopic (exact) mass is 350 g/mol. The Hall–Kier alpha value is -0.104. The first-order valence-corrected chi connectivity index (χ1v) is 9.84. The summed E-state index contributed by atoms with van der Waals surface area (Å²) < 4.78 is 23.0. The van der Waals surface area contributed by atoms with Crippen LogP contribution < -0.4 is 9.47 Å². The van der Waals surface area contributed by atoms with E-state index in [2.05, 4.69) is 13.8 Å². The maximum atomic E-state index is 12.3. The van der Waals surface area contributed by atoms with Gasteiger partial charge in [0, 0.05) is 6.42 Å². The molecule has 0 aliphatic carbocycles. The zero-order chi connectivity index (χ0) is 15.8. The second-order valence-corrected chi connectivity index (χ2v) is 8.03. The number of ether oxygens (including phenoxy) is 2. The van der Waals surface area contributed by atoms with Crippen LogP contribution in [-0.2, 0) is 17.6 Å². The van der Waals surface area contributed by atoms with Gasteiger partial charge in [-0.15, -0.1) is 0 Å². The Bertz CT molecular complexity index is 456. The quantitative estimate of drug-likeness (QED) is 0.368. The van der Waals surface area contributed by atoms with Crippen molar-refractivity contribution < 1.29 is 14.0 Å². The standard InChI is InChI=1S/C18H28O3S.Mg.2H/c1-3-4-5-6-7-8-11-22(19)15(2)12-16-9-10-17-18(13-16)21-14-20-17;;;/h9-10,13,15H,3-8,11-12,14H2,1-2H3;;;. The molecule has 0 spiro atoms. The molecule has 2 atom stereocenters. The van der Waals surface area contributed by atoms with Gasteiger partial charge in [-0.05, 0) is 37.5 Å². The van der Waals surface area contributed by atoms with E-state index < -0.39 is 11.2 Å². The summed E-state index contributed by atoms with van der Waals surface area (Å²) in [7, 11) is 0. The predicted molar refractivity (Wildman–Crippen MR) is 101 cm³/mol. The van der Waals surface area contributed by atoms with Crippen LogP contribution in [0.4, 0.5) is 0 Å². The minimum Gasteiger partial charge on any atom is -0.616 e. The molecule has 0 bridgehead atoms. The number of benzene rings is 1. The Morgan fingerprint density at radius 2 is 1.78 bits per heavy atom. The first kappa shape index (κ1) is 20.9. The summed E-state index contributed by atoms with van der Waals surface area (Å²) >= 11 is -0.743. The number of rotatable bonds is 10. The van der Waals surface area contributed by atoms with Crippen molar-refractivity contribution in [3.8, 4) is 11.5 Å². The zero-order valence-electron chi connectivity index (χ0n) is 13.8. The van der Waals surface area contributed by atoms with Crippen LogP contribution in [0.5, 0.6) is 11.5 Å². The van der Waals surface area contributed by atoms with Crippen molar-refractivity contribution in [1.82, 2.24) is 0 Å². The fourth-order valence-corrected chi connectivity index (χ4v) is 3.99. The van der Waals surface area contributed by atoms with Gasteiger partial charge in [0.15, 0.2) is 11.5 Å². The van der Waals surface area contributed by atoms with Crippen LogP contribution in [0.3, 0.4) is 0 Å². The molecule has 1 aliphatic rings. The summed E-state index contributed by atoms with van der Waals surface area (Å²) in [6.45, 7) is 4.61. The van der Waals surface area contributed by atoms with Crippen LogP contribution in [0.1, 0.15) is 57.9 Å². The molecule has 23 heavy (non-hydrogen) atoms. The lowest BCUT2D eigenvalue weighted by molar-refractivity contribution is 0.174. The van der Waals surface area contributed by atoms with Gasteiger partial charge in [0.25, 0.3) is 0 Å². The SMILES string of the molecule is CCCCCCCC[S+]([O-])C(C)Cc1ccc2c(c1)OCO2.[MgH2]. The van der Waals surface area contributed by atoms with Crippen molar-refractivity contribution in [3.05, 3.63) is 23.8 Å². The third kappa shape index (κ3) is 7.12. The van der Waals surface area contributed by atoms with Crippen LogP contribution in [0.2, 0.25) is 0 Å². The van der Waals surface area contributed by atoms with Crippen LogP contribution >= 0.6 is 0 Å². The molecule has 0 N–H and O–H groups in total. The van der Waals surface area contributed by atoms with Crippen molar-refractivity contribution in [3.63, 3.8) is 0 Å². The van der Waals surface area contributed by atoms with Gasteiger partial charge in [-0.25, -0.2) is 0 Å². The summed E-state index contributed by atoms with van der Waals surface area (Å²) in [5.41, 5.74) is 1.17. The van der Waals surface area contributed by atoms with Crippen molar-refractivity contribution >= 4 is 34.2 Å². The van der Waals surface area contributed by atoms with E-state index in [1.54, 1.807) is 0 Å². The zero-order valence-corrected chi connectivity index (χ0v) is 14.6. The van der Waals surface area contributed by atoms with E-state index in [9.17, 15) is 4.55 Å². The molecule has 2 unspecified atom stereocenters. The van der Waals surface area contributed by atoms with Crippen molar-refractivity contribution in [2.75, 3.05) is 12.5 Å². The maximum Gasteiger partial charge on any atom is 0.316 e. The van der Waals surface area contributed by atoms with Gasteiger partial charge in [0.05, 0.1) is 0 Å². The molecule has 5 heteroatoms. The molecule has 0 amide bonds. The minimum absolute atomic E-state index is 0. The van der Waals surface area contributed by atoms with E-state index in [0.717, 1.165) is 30.1 Å². The summed E-state index contributed by atoms with van der Waals surface area (Å²) in [6, 6.07) is 6.01. The Balaban J connectivity index is 0.00000264. The summed E-state index contributed by atoms with van der Waals surface area (Å²) in [6.07, 6.45) is 8.32.